The molecule has 1 saturated heterocycles. The summed E-state index contributed by atoms with van der Waals surface area (Å²) in [6.45, 7) is 3.55. The summed E-state index contributed by atoms with van der Waals surface area (Å²) in [5.41, 5.74) is 1.05. The second-order valence-electron chi connectivity index (χ2n) is 9.16. The summed E-state index contributed by atoms with van der Waals surface area (Å²) in [5, 5.41) is 17.5. The number of aliphatic hydroxyl groups is 1. The maximum atomic E-state index is 13.9. The number of aromatic nitrogens is 2. The monoisotopic (exact) mass is 563 g/mol. The zero-order valence-corrected chi connectivity index (χ0v) is 21.8. The first-order valence-electron chi connectivity index (χ1n) is 12.1. The fourth-order valence-electron chi connectivity index (χ4n) is 4.75. The minimum absolute atomic E-state index is 0.0107. The van der Waals surface area contributed by atoms with Crippen LogP contribution in [0.15, 0.2) is 52.5 Å². The van der Waals surface area contributed by atoms with Gasteiger partial charge in [-0.15, -0.1) is 0 Å². The molecule has 1 amide bonds. The highest BCUT2D eigenvalue weighted by Gasteiger charge is 2.35. The van der Waals surface area contributed by atoms with Gasteiger partial charge in [0.1, 0.15) is 0 Å². The van der Waals surface area contributed by atoms with Crippen LogP contribution in [0.5, 0.6) is 0 Å². The number of aliphatic hydroxyl groups excluding tert-OH is 1. The van der Waals surface area contributed by atoms with Gasteiger partial charge in [0.2, 0.25) is 0 Å². The van der Waals surface area contributed by atoms with Gasteiger partial charge in [-0.2, -0.15) is 23.3 Å². The van der Waals surface area contributed by atoms with E-state index in [1.165, 1.54) is 23.9 Å². The third-order valence-electron chi connectivity index (χ3n) is 6.67. The fraction of sp³-hybridized carbons (Fsp3) is 0.346. The summed E-state index contributed by atoms with van der Waals surface area (Å²) in [4.78, 5) is 22.0. The number of rotatable bonds is 5. The van der Waals surface area contributed by atoms with Gasteiger partial charge < -0.3 is 10.0 Å². The normalized spacial score (nSPS) is 18.7. The lowest BCUT2D eigenvalue weighted by molar-refractivity contribution is -0.138. The van der Waals surface area contributed by atoms with Crippen LogP contribution in [0.2, 0.25) is 5.02 Å². The minimum atomic E-state index is -4.61. The SMILES string of the molecule is O=C1N=C(N2CCCN(CCO)CC2)SC1=C(Cc1ccc(Cl)cc1C(F)(F)F)c1ccc2[nH]ncc2c1. The molecule has 0 saturated carbocycles. The van der Waals surface area contributed by atoms with Crippen molar-refractivity contribution in [2.45, 2.75) is 19.0 Å². The number of nitrogens with one attached hydrogen (secondary N) is 1. The van der Waals surface area contributed by atoms with E-state index in [4.69, 9.17) is 11.6 Å². The number of halogens is 4. The van der Waals surface area contributed by atoms with Gasteiger partial charge in [0.15, 0.2) is 5.17 Å². The van der Waals surface area contributed by atoms with E-state index in [9.17, 15) is 23.1 Å². The lowest BCUT2D eigenvalue weighted by Gasteiger charge is -2.22. The molecule has 38 heavy (non-hydrogen) atoms. The number of nitrogens with zero attached hydrogens (tertiary/aromatic N) is 4. The number of amides is 1. The molecule has 1 fully saturated rings. The van der Waals surface area contributed by atoms with Gasteiger partial charge in [-0.3, -0.25) is 14.8 Å². The molecule has 0 bridgehead atoms. The summed E-state index contributed by atoms with van der Waals surface area (Å²) in [6.07, 6.45) is -2.26. The smallest absolute Gasteiger partial charge is 0.395 e. The summed E-state index contributed by atoms with van der Waals surface area (Å²) >= 11 is 7.11. The highest BCUT2D eigenvalue weighted by atomic mass is 35.5. The van der Waals surface area contributed by atoms with Crippen LogP contribution in [-0.4, -0.2) is 75.5 Å². The lowest BCUT2D eigenvalue weighted by Crippen LogP contribution is -2.34. The van der Waals surface area contributed by atoms with E-state index in [0.29, 0.717) is 40.8 Å². The standard InChI is InChI=1S/C26H25ClF3N5O2S/c27-19-4-2-17(21(14-19)26(28,29)30)13-20(16-3-5-22-18(12-16)15-31-33-22)23-24(37)32-25(38-23)35-7-1-6-34(8-9-35)10-11-36/h2-5,12,14-15,36H,1,6-11,13H2,(H,31,33). The average molecular weight is 564 g/mol. The molecule has 2 N–H and O–H groups in total. The molecule has 3 heterocycles. The van der Waals surface area contributed by atoms with Crippen molar-refractivity contribution in [1.29, 1.82) is 0 Å². The quantitative estimate of drug-likeness (QED) is 0.433. The number of carbonyl (C=O) groups is 1. The van der Waals surface area contributed by atoms with E-state index >= 15 is 0 Å². The Morgan fingerprint density at radius 1 is 1.13 bits per heavy atom. The number of benzene rings is 2. The summed E-state index contributed by atoms with van der Waals surface area (Å²) in [7, 11) is 0. The number of fused-ring (bicyclic) bond motifs is 1. The summed E-state index contributed by atoms with van der Waals surface area (Å²) in [5.74, 6) is -0.466. The molecule has 2 aliphatic heterocycles. The number of aliphatic imine (C=N–C) groups is 1. The highest BCUT2D eigenvalue weighted by molar-refractivity contribution is 8.18. The number of β-amino-alcohol motifs (C(OH)–C–C–N with tert-alkyl or cyclic N) is 1. The molecule has 7 nitrogen and oxygen atoms in total. The van der Waals surface area contributed by atoms with Crippen molar-refractivity contribution in [1.82, 2.24) is 20.0 Å². The van der Waals surface area contributed by atoms with Crippen LogP contribution in [0.25, 0.3) is 16.5 Å². The minimum Gasteiger partial charge on any atom is -0.395 e. The average Bonchev–Trinajstić information content (AvgIpc) is 3.43. The van der Waals surface area contributed by atoms with Crippen molar-refractivity contribution in [3.63, 3.8) is 0 Å². The molecule has 0 spiro atoms. The Bertz CT molecular complexity index is 1420. The first-order chi connectivity index (χ1) is 18.2. The molecule has 0 radical (unpaired) electrons. The Labute approximate surface area is 226 Å². The maximum absolute atomic E-state index is 13.9. The van der Waals surface area contributed by atoms with Crippen molar-refractivity contribution in [2.75, 3.05) is 39.3 Å². The molecule has 1 aromatic heterocycles. The Morgan fingerprint density at radius 2 is 1.97 bits per heavy atom. The number of amidine groups is 1. The van der Waals surface area contributed by atoms with Crippen molar-refractivity contribution < 1.29 is 23.1 Å². The second-order valence-corrected chi connectivity index (χ2v) is 10.6. The van der Waals surface area contributed by atoms with Gasteiger partial charge in [0, 0.05) is 36.6 Å². The second kappa shape index (κ2) is 11.1. The number of hydrogen-bond acceptors (Lipinski definition) is 6. The molecule has 0 aliphatic carbocycles. The summed E-state index contributed by atoms with van der Waals surface area (Å²) in [6, 6.07) is 9.08. The number of H-pyrrole nitrogens is 1. The molecular formula is C26H25ClF3N5O2S. The highest BCUT2D eigenvalue weighted by Crippen LogP contribution is 2.40. The zero-order chi connectivity index (χ0) is 26.9. The number of thioether (sulfide) groups is 1. The van der Waals surface area contributed by atoms with Gasteiger partial charge in [0.05, 0.1) is 28.8 Å². The van der Waals surface area contributed by atoms with Gasteiger partial charge >= 0.3 is 6.18 Å². The van der Waals surface area contributed by atoms with E-state index in [-0.39, 0.29) is 23.6 Å². The Morgan fingerprint density at radius 3 is 2.76 bits per heavy atom. The number of aromatic amines is 1. The number of alkyl halides is 3. The van der Waals surface area contributed by atoms with E-state index in [2.05, 4.69) is 20.1 Å². The lowest BCUT2D eigenvalue weighted by atomic mass is 9.93. The van der Waals surface area contributed by atoms with Crippen LogP contribution in [0.3, 0.4) is 0 Å². The predicted molar refractivity (Wildman–Crippen MR) is 143 cm³/mol. The first kappa shape index (κ1) is 26.7. The third-order valence-corrected chi connectivity index (χ3v) is 8.06. The van der Waals surface area contributed by atoms with Crippen LogP contribution in [-0.2, 0) is 17.4 Å². The largest absolute Gasteiger partial charge is 0.416 e. The molecule has 0 unspecified atom stereocenters. The molecule has 200 valence electrons. The topological polar surface area (TPSA) is 84.8 Å². The van der Waals surface area contributed by atoms with Gasteiger partial charge in [-0.1, -0.05) is 23.7 Å². The number of carbonyl (C=O) groups excluding carboxylic acids is 1. The molecule has 12 heteroatoms. The summed E-state index contributed by atoms with van der Waals surface area (Å²) < 4.78 is 41.8. The zero-order valence-electron chi connectivity index (χ0n) is 20.3. The van der Waals surface area contributed by atoms with Crippen LogP contribution in [0, 0.1) is 0 Å². The van der Waals surface area contributed by atoms with Crippen molar-refractivity contribution in [3.8, 4) is 0 Å². The molecule has 3 aromatic rings. The predicted octanol–water partition coefficient (Wildman–Crippen LogP) is 4.82. The number of allylic oxidation sites excluding steroid dienone is 1. The van der Waals surface area contributed by atoms with Gasteiger partial charge in [-0.25, -0.2) is 0 Å². The van der Waals surface area contributed by atoms with Crippen LogP contribution in [0.4, 0.5) is 13.2 Å². The molecule has 2 aromatic carbocycles. The fourth-order valence-corrected chi connectivity index (χ4v) is 5.99. The van der Waals surface area contributed by atoms with Gasteiger partial charge in [0.25, 0.3) is 5.91 Å². The van der Waals surface area contributed by atoms with Gasteiger partial charge in [-0.05, 0) is 72.1 Å². The van der Waals surface area contributed by atoms with Crippen molar-refractivity contribution in [3.05, 3.63) is 69.2 Å². The number of hydrogen-bond donors (Lipinski definition) is 2. The molecule has 2 aliphatic rings. The van der Waals surface area contributed by atoms with E-state index in [0.717, 1.165) is 36.5 Å². The Hall–Kier alpha value is -2.86. The van der Waals surface area contributed by atoms with Crippen molar-refractivity contribution >= 4 is 50.9 Å². The van der Waals surface area contributed by atoms with Crippen LogP contribution < -0.4 is 0 Å². The Kier molecular flexibility index (Phi) is 7.80. The van der Waals surface area contributed by atoms with E-state index < -0.39 is 17.6 Å². The maximum Gasteiger partial charge on any atom is 0.416 e. The van der Waals surface area contributed by atoms with E-state index in [1.54, 1.807) is 18.3 Å². The first-order valence-corrected chi connectivity index (χ1v) is 13.3. The van der Waals surface area contributed by atoms with Crippen LogP contribution in [0.1, 0.15) is 23.1 Å². The van der Waals surface area contributed by atoms with Crippen LogP contribution >= 0.6 is 23.4 Å². The third kappa shape index (κ3) is 5.75. The molecule has 5 rings (SSSR count). The Balaban J connectivity index is 1.52. The molecular weight excluding hydrogens is 539 g/mol. The van der Waals surface area contributed by atoms with E-state index in [1.807, 2.05) is 11.0 Å². The molecule has 0 atom stereocenters. The van der Waals surface area contributed by atoms with Crippen molar-refractivity contribution in [2.24, 2.45) is 4.99 Å².